The lowest BCUT2D eigenvalue weighted by atomic mass is 10.2. The summed E-state index contributed by atoms with van der Waals surface area (Å²) in [6, 6.07) is 0. The van der Waals surface area contributed by atoms with Crippen LogP contribution in [0.3, 0.4) is 0 Å². The average molecular weight is 109 g/mol. The molecule has 0 saturated carbocycles. The molecule has 0 rings (SSSR count). The SMILES string of the molecule is C#CC(=N)/C(C)=C\O. The van der Waals surface area contributed by atoms with Crippen molar-refractivity contribution in [3.8, 4) is 12.3 Å². The van der Waals surface area contributed by atoms with Gasteiger partial charge in [-0.1, -0.05) is 5.92 Å². The number of hydrogen-bond donors (Lipinski definition) is 2. The Labute approximate surface area is 48.4 Å². The number of aliphatic hydroxyl groups excluding tert-OH is 1. The Kier molecular flexibility index (Phi) is 2.42. The van der Waals surface area contributed by atoms with Crippen LogP contribution in [0.2, 0.25) is 0 Å². The second kappa shape index (κ2) is 2.86. The highest BCUT2D eigenvalue weighted by atomic mass is 16.2. The molecule has 8 heavy (non-hydrogen) atoms. The third-order valence-corrected chi connectivity index (χ3v) is 0.732. The Morgan fingerprint density at radius 3 is 2.50 bits per heavy atom. The predicted octanol–water partition coefficient (Wildman–Crippen LogP) is 1.10. The second-order valence-electron chi connectivity index (χ2n) is 1.33. The van der Waals surface area contributed by atoms with Crippen LogP contribution in [0.15, 0.2) is 11.8 Å². The fraction of sp³-hybridized carbons (Fsp3) is 0.167. The molecule has 0 aliphatic heterocycles. The van der Waals surface area contributed by atoms with Crippen LogP contribution in [0.5, 0.6) is 0 Å². The van der Waals surface area contributed by atoms with Gasteiger partial charge in [0.2, 0.25) is 0 Å². The van der Waals surface area contributed by atoms with E-state index < -0.39 is 0 Å². The minimum atomic E-state index is 0.0208. The van der Waals surface area contributed by atoms with E-state index in [2.05, 4.69) is 5.92 Å². The lowest BCUT2D eigenvalue weighted by molar-refractivity contribution is 0.470. The van der Waals surface area contributed by atoms with Gasteiger partial charge in [0.15, 0.2) is 0 Å². The van der Waals surface area contributed by atoms with Crippen LogP contribution in [0.1, 0.15) is 6.92 Å². The molecule has 0 bridgehead atoms. The molecule has 0 atom stereocenters. The number of allylic oxidation sites excluding steroid dienone is 1. The molecule has 0 radical (unpaired) electrons. The molecular formula is C6H7NO. The zero-order valence-corrected chi connectivity index (χ0v) is 4.60. The van der Waals surface area contributed by atoms with Gasteiger partial charge in [-0.2, -0.15) is 0 Å². The lowest BCUT2D eigenvalue weighted by Gasteiger charge is -1.88. The number of aliphatic hydroxyl groups is 1. The summed E-state index contributed by atoms with van der Waals surface area (Å²) in [4.78, 5) is 0. The van der Waals surface area contributed by atoms with Gasteiger partial charge in [0.05, 0.1) is 6.26 Å². The van der Waals surface area contributed by atoms with Gasteiger partial charge in [0.1, 0.15) is 5.71 Å². The maximum atomic E-state index is 8.24. The highest BCUT2D eigenvalue weighted by Crippen LogP contribution is 1.89. The van der Waals surface area contributed by atoms with E-state index in [0.717, 1.165) is 6.26 Å². The molecule has 2 nitrogen and oxygen atoms in total. The van der Waals surface area contributed by atoms with E-state index in [1.807, 2.05) is 0 Å². The molecule has 0 aliphatic carbocycles. The van der Waals surface area contributed by atoms with Crippen molar-refractivity contribution in [3.63, 3.8) is 0 Å². The molecule has 0 heterocycles. The summed E-state index contributed by atoms with van der Waals surface area (Å²) >= 11 is 0. The van der Waals surface area contributed by atoms with Crippen LogP contribution in [0.4, 0.5) is 0 Å². The normalized spacial score (nSPS) is 10.2. The van der Waals surface area contributed by atoms with Gasteiger partial charge in [-0.15, -0.1) is 6.42 Å². The van der Waals surface area contributed by atoms with Gasteiger partial charge >= 0.3 is 0 Å². The quantitative estimate of drug-likeness (QED) is 0.295. The molecule has 2 heteroatoms. The first-order chi connectivity index (χ1) is 3.72. The van der Waals surface area contributed by atoms with Crippen LogP contribution in [0, 0.1) is 17.8 Å². The third-order valence-electron chi connectivity index (χ3n) is 0.732. The van der Waals surface area contributed by atoms with Crippen LogP contribution >= 0.6 is 0 Å². The highest BCUT2D eigenvalue weighted by molar-refractivity contribution is 6.09. The molecule has 0 aromatic rings. The first-order valence-electron chi connectivity index (χ1n) is 2.09. The van der Waals surface area contributed by atoms with Crippen molar-refractivity contribution in [1.82, 2.24) is 0 Å². The minimum absolute atomic E-state index is 0.0208. The fourth-order valence-electron chi connectivity index (χ4n) is 0.178. The predicted molar refractivity (Wildman–Crippen MR) is 32.9 cm³/mol. The molecule has 2 N–H and O–H groups in total. The summed E-state index contributed by atoms with van der Waals surface area (Å²) in [7, 11) is 0. The molecule has 0 spiro atoms. The Hall–Kier alpha value is -1.23. The van der Waals surface area contributed by atoms with Gasteiger partial charge in [-0.25, -0.2) is 0 Å². The Balaban J connectivity index is 4.10. The van der Waals surface area contributed by atoms with Crippen molar-refractivity contribution in [2.45, 2.75) is 6.92 Å². The van der Waals surface area contributed by atoms with Crippen molar-refractivity contribution < 1.29 is 5.11 Å². The summed E-state index contributed by atoms with van der Waals surface area (Å²) in [6.07, 6.45) is 5.64. The molecule has 42 valence electrons. The van der Waals surface area contributed by atoms with Crippen molar-refractivity contribution in [1.29, 1.82) is 5.41 Å². The van der Waals surface area contributed by atoms with Crippen LogP contribution < -0.4 is 0 Å². The lowest BCUT2D eigenvalue weighted by Crippen LogP contribution is -1.91. The maximum absolute atomic E-state index is 8.24. The zero-order chi connectivity index (χ0) is 6.57. The summed E-state index contributed by atoms with van der Waals surface area (Å²) in [6.45, 7) is 1.57. The van der Waals surface area contributed by atoms with Crippen molar-refractivity contribution >= 4 is 5.71 Å². The van der Waals surface area contributed by atoms with Gasteiger partial charge in [0.25, 0.3) is 0 Å². The number of nitrogens with one attached hydrogen (secondary N) is 1. The zero-order valence-electron chi connectivity index (χ0n) is 4.60. The molecule has 0 amide bonds. The number of rotatable bonds is 1. The summed E-state index contributed by atoms with van der Waals surface area (Å²) < 4.78 is 0. The van der Waals surface area contributed by atoms with Gasteiger partial charge < -0.3 is 5.11 Å². The van der Waals surface area contributed by atoms with Gasteiger partial charge in [0, 0.05) is 5.57 Å². The van der Waals surface area contributed by atoms with Gasteiger partial charge in [-0.05, 0) is 6.92 Å². The Morgan fingerprint density at radius 1 is 1.88 bits per heavy atom. The Morgan fingerprint density at radius 2 is 2.38 bits per heavy atom. The monoisotopic (exact) mass is 109 g/mol. The molecule has 0 fully saturated rings. The molecular weight excluding hydrogens is 102 g/mol. The summed E-state index contributed by atoms with van der Waals surface area (Å²) in [5, 5.41) is 15.1. The first kappa shape index (κ1) is 6.77. The van der Waals surface area contributed by atoms with Crippen LogP contribution in [-0.2, 0) is 0 Å². The van der Waals surface area contributed by atoms with Crippen LogP contribution in [0.25, 0.3) is 0 Å². The molecule has 0 aliphatic rings. The van der Waals surface area contributed by atoms with Gasteiger partial charge in [-0.3, -0.25) is 5.41 Å². The van der Waals surface area contributed by atoms with E-state index in [1.54, 1.807) is 6.92 Å². The topological polar surface area (TPSA) is 44.1 Å². The average Bonchev–Trinajstić information content (AvgIpc) is 1.84. The third kappa shape index (κ3) is 1.48. The van der Waals surface area contributed by atoms with Crippen molar-refractivity contribution in [2.24, 2.45) is 0 Å². The van der Waals surface area contributed by atoms with E-state index in [9.17, 15) is 0 Å². The smallest absolute Gasteiger partial charge is 0.110 e. The van der Waals surface area contributed by atoms with E-state index in [1.165, 1.54) is 0 Å². The molecule has 0 aromatic carbocycles. The number of terminal acetylenes is 1. The number of hydrogen-bond acceptors (Lipinski definition) is 2. The minimum Gasteiger partial charge on any atom is -0.515 e. The highest BCUT2D eigenvalue weighted by Gasteiger charge is 1.90. The van der Waals surface area contributed by atoms with Crippen molar-refractivity contribution in [2.75, 3.05) is 0 Å². The summed E-state index contributed by atoms with van der Waals surface area (Å²) in [5.41, 5.74) is 0.431. The van der Waals surface area contributed by atoms with Crippen molar-refractivity contribution in [3.05, 3.63) is 11.8 Å². The first-order valence-corrected chi connectivity index (χ1v) is 2.09. The van der Waals surface area contributed by atoms with E-state index in [4.69, 9.17) is 16.9 Å². The maximum Gasteiger partial charge on any atom is 0.110 e. The summed E-state index contributed by atoms with van der Waals surface area (Å²) in [5.74, 6) is 2.07. The fourth-order valence-corrected chi connectivity index (χ4v) is 0.178. The van der Waals surface area contributed by atoms with Crippen LogP contribution in [-0.4, -0.2) is 10.8 Å². The molecule has 0 unspecified atom stereocenters. The standard InChI is InChI=1S/C6H7NO/c1-3-6(7)5(2)4-8/h1,4,7-8H,2H3/b5-4-,7-6?. The van der Waals surface area contributed by atoms with E-state index in [-0.39, 0.29) is 5.71 Å². The molecule has 0 aromatic heterocycles. The largest absolute Gasteiger partial charge is 0.515 e. The molecule has 0 saturated heterocycles. The Bertz CT molecular complexity index is 162. The second-order valence-corrected chi connectivity index (χ2v) is 1.33. The van der Waals surface area contributed by atoms with E-state index in [0.29, 0.717) is 5.57 Å². The van der Waals surface area contributed by atoms with E-state index >= 15 is 0 Å².